The molecule has 0 saturated heterocycles. The predicted molar refractivity (Wildman–Crippen MR) is 119 cm³/mol. The van der Waals surface area contributed by atoms with Crippen LogP contribution in [0.5, 0.6) is 5.75 Å². The second kappa shape index (κ2) is 12.8. The van der Waals surface area contributed by atoms with Crippen molar-refractivity contribution in [3.63, 3.8) is 0 Å². The number of amides is 4. The number of ether oxygens (including phenoxy) is 2. The number of aliphatic hydroxyl groups is 1. The van der Waals surface area contributed by atoms with Gasteiger partial charge in [0.05, 0.1) is 31.2 Å². The van der Waals surface area contributed by atoms with Crippen LogP contribution in [0.4, 0.5) is 0 Å². The maximum Gasteiger partial charge on any atom is 0.255 e. The standard InChI is InChI=1S/C22H32N4O7/c1-4-32-11-9-23-21(30)16-13-18(28)25-19(14(2)27)22(31)26(3)10-12-33-17-8-6-5-7-15(17)20(29)24-16/h5-8,14,16,19,27H,4,9-13H2,1-3H3,(H,23,30)(H,24,29)(H,25,28)/t14-,16+,19+/m1/s1. The third kappa shape index (κ3) is 7.72. The Morgan fingerprint density at radius 2 is 2.03 bits per heavy atom. The number of aliphatic hydroxyl groups excluding tert-OH is 1. The lowest BCUT2D eigenvalue weighted by Gasteiger charge is -2.28. The second-order valence-corrected chi connectivity index (χ2v) is 7.61. The number of carbonyl (C=O) groups is 4. The van der Waals surface area contributed by atoms with Gasteiger partial charge in [-0.3, -0.25) is 19.2 Å². The van der Waals surface area contributed by atoms with Crippen LogP contribution in [-0.2, 0) is 19.1 Å². The Morgan fingerprint density at radius 1 is 1.30 bits per heavy atom. The van der Waals surface area contributed by atoms with Gasteiger partial charge in [-0.05, 0) is 26.0 Å². The first kappa shape index (κ1) is 26.1. The minimum atomic E-state index is -1.22. The summed E-state index contributed by atoms with van der Waals surface area (Å²) in [6, 6.07) is 4.05. The topological polar surface area (TPSA) is 146 Å². The maximum atomic E-state index is 12.9. The molecule has 4 N–H and O–H groups in total. The van der Waals surface area contributed by atoms with Gasteiger partial charge in [0.2, 0.25) is 17.7 Å². The van der Waals surface area contributed by atoms with E-state index >= 15 is 0 Å². The van der Waals surface area contributed by atoms with Crippen molar-refractivity contribution in [2.75, 3.05) is 40.0 Å². The van der Waals surface area contributed by atoms with E-state index < -0.39 is 48.2 Å². The van der Waals surface area contributed by atoms with Gasteiger partial charge in [0.15, 0.2) is 0 Å². The number of likely N-dealkylation sites (N-methyl/N-ethyl adjacent to an activating group) is 1. The number of hydrogen-bond acceptors (Lipinski definition) is 7. The molecule has 0 saturated carbocycles. The molecule has 0 spiro atoms. The van der Waals surface area contributed by atoms with Crippen molar-refractivity contribution < 1.29 is 33.8 Å². The van der Waals surface area contributed by atoms with Crippen LogP contribution in [0.25, 0.3) is 0 Å². The minimum absolute atomic E-state index is 0.0777. The van der Waals surface area contributed by atoms with Crippen LogP contribution in [0.2, 0.25) is 0 Å². The molecule has 1 aliphatic heterocycles. The molecule has 0 fully saturated rings. The largest absolute Gasteiger partial charge is 0.491 e. The lowest BCUT2D eigenvalue weighted by molar-refractivity contribution is -0.139. The third-order valence-corrected chi connectivity index (χ3v) is 5.02. The van der Waals surface area contributed by atoms with Gasteiger partial charge >= 0.3 is 0 Å². The van der Waals surface area contributed by atoms with Gasteiger partial charge in [-0.25, -0.2) is 0 Å². The summed E-state index contributed by atoms with van der Waals surface area (Å²) in [7, 11) is 1.52. The minimum Gasteiger partial charge on any atom is -0.491 e. The first-order chi connectivity index (χ1) is 15.7. The van der Waals surface area contributed by atoms with Crippen LogP contribution in [0.15, 0.2) is 24.3 Å². The van der Waals surface area contributed by atoms with E-state index in [0.717, 1.165) is 0 Å². The lowest BCUT2D eigenvalue weighted by Crippen LogP contribution is -2.55. The zero-order valence-electron chi connectivity index (χ0n) is 19.1. The summed E-state index contributed by atoms with van der Waals surface area (Å²) in [5, 5.41) is 17.7. The molecular weight excluding hydrogens is 432 g/mol. The number of rotatable bonds is 6. The number of nitrogens with one attached hydrogen (secondary N) is 3. The zero-order valence-corrected chi connectivity index (χ0v) is 19.1. The highest BCUT2D eigenvalue weighted by Crippen LogP contribution is 2.18. The molecule has 0 radical (unpaired) electrons. The molecule has 0 unspecified atom stereocenters. The van der Waals surface area contributed by atoms with E-state index in [1.165, 1.54) is 18.9 Å². The Kier molecular flexibility index (Phi) is 10.1. The second-order valence-electron chi connectivity index (χ2n) is 7.61. The Labute approximate surface area is 192 Å². The third-order valence-electron chi connectivity index (χ3n) is 5.02. The Bertz CT molecular complexity index is 846. The van der Waals surface area contributed by atoms with Crippen LogP contribution in [0.1, 0.15) is 30.6 Å². The highest BCUT2D eigenvalue weighted by Gasteiger charge is 2.31. The van der Waals surface area contributed by atoms with Crippen molar-refractivity contribution in [3.05, 3.63) is 29.8 Å². The van der Waals surface area contributed by atoms with E-state index in [9.17, 15) is 24.3 Å². The van der Waals surface area contributed by atoms with E-state index in [2.05, 4.69) is 16.0 Å². The first-order valence-electron chi connectivity index (χ1n) is 10.8. The molecule has 0 aromatic heterocycles. The van der Waals surface area contributed by atoms with Gasteiger partial charge in [0, 0.05) is 20.2 Å². The summed E-state index contributed by atoms with van der Waals surface area (Å²) < 4.78 is 10.9. The molecule has 11 nitrogen and oxygen atoms in total. The fourth-order valence-electron chi connectivity index (χ4n) is 3.19. The fourth-order valence-corrected chi connectivity index (χ4v) is 3.19. The summed E-state index contributed by atoms with van der Waals surface area (Å²) in [5.41, 5.74) is 0.193. The number of nitrogens with zero attached hydrogens (tertiary/aromatic N) is 1. The van der Waals surface area contributed by atoms with E-state index in [0.29, 0.717) is 6.61 Å². The van der Waals surface area contributed by atoms with Crippen molar-refractivity contribution in [3.8, 4) is 5.75 Å². The highest BCUT2D eigenvalue weighted by atomic mass is 16.5. The van der Waals surface area contributed by atoms with Crippen LogP contribution in [0, 0.1) is 0 Å². The molecule has 1 aromatic carbocycles. The number of fused-ring (bicyclic) bond motifs is 1. The van der Waals surface area contributed by atoms with Gasteiger partial charge in [-0.1, -0.05) is 12.1 Å². The molecule has 11 heteroatoms. The number of carbonyl (C=O) groups excluding carboxylic acids is 4. The number of para-hydroxylation sites is 1. The van der Waals surface area contributed by atoms with Gasteiger partial charge < -0.3 is 35.4 Å². The average Bonchev–Trinajstić information content (AvgIpc) is 2.78. The van der Waals surface area contributed by atoms with Crippen molar-refractivity contribution in [1.29, 1.82) is 0 Å². The number of hydrogen-bond donors (Lipinski definition) is 4. The van der Waals surface area contributed by atoms with E-state index in [1.807, 2.05) is 6.92 Å². The van der Waals surface area contributed by atoms with Gasteiger partial charge in [0.1, 0.15) is 24.4 Å². The molecule has 1 heterocycles. The summed E-state index contributed by atoms with van der Waals surface area (Å²) in [6.45, 7) is 4.40. The smallest absolute Gasteiger partial charge is 0.255 e. The predicted octanol–water partition coefficient (Wildman–Crippen LogP) is -0.956. The van der Waals surface area contributed by atoms with Crippen molar-refractivity contribution in [2.45, 2.75) is 38.5 Å². The molecule has 1 aromatic rings. The maximum absolute atomic E-state index is 12.9. The Balaban J connectivity index is 2.31. The van der Waals surface area contributed by atoms with Gasteiger partial charge in [0.25, 0.3) is 5.91 Å². The molecule has 3 atom stereocenters. The quantitative estimate of drug-likeness (QED) is 0.397. The van der Waals surface area contributed by atoms with Gasteiger partial charge in [-0.15, -0.1) is 0 Å². The van der Waals surface area contributed by atoms with Crippen LogP contribution < -0.4 is 20.7 Å². The molecular formula is C22H32N4O7. The monoisotopic (exact) mass is 464 g/mol. The molecule has 0 bridgehead atoms. The molecule has 2 rings (SSSR count). The highest BCUT2D eigenvalue weighted by molar-refractivity contribution is 6.01. The average molecular weight is 465 g/mol. The van der Waals surface area contributed by atoms with Crippen molar-refractivity contribution in [1.82, 2.24) is 20.9 Å². The Hall–Kier alpha value is -3.18. The molecule has 0 aliphatic carbocycles. The van der Waals surface area contributed by atoms with Crippen LogP contribution in [0.3, 0.4) is 0 Å². The normalized spacial score (nSPS) is 21.1. The molecule has 33 heavy (non-hydrogen) atoms. The molecule has 182 valence electrons. The van der Waals surface area contributed by atoms with Gasteiger partial charge in [-0.2, -0.15) is 0 Å². The van der Waals surface area contributed by atoms with E-state index in [4.69, 9.17) is 9.47 Å². The first-order valence-corrected chi connectivity index (χ1v) is 10.8. The zero-order chi connectivity index (χ0) is 24.4. The molecule has 4 amide bonds. The lowest BCUT2D eigenvalue weighted by atomic mass is 10.1. The fraction of sp³-hybridized carbons (Fsp3) is 0.545. The Morgan fingerprint density at radius 3 is 2.73 bits per heavy atom. The van der Waals surface area contributed by atoms with Crippen LogP contribution >= 0.6 is 0 Å². The number of benzene rings is 1. The summed E-state index contributed by atoms with van der Waals surface area (Å²) in [4.78, 5) is 52.4. The SMILES string of the molecule is CCOCCNC(=O)[C@@H]1CC(=O)N[C@@H]([C@@H](C)O)C(=O)N(C)CCOc2ccccc2C(=O)N1. The van der Waals surface area contributed by atoms with E-state index in [1.54, 1.807) is 24.3 Å². The van der Waals surface area contributed by atoms with Crippen molar-refractivity contribution in [2.24, 2.45) is 0 Å². The summed E-state index contributed by atoms with van der Waals surface area (Å²) in [5.74, 6) is -2.07. The summed E-state index contributed by atoms with van der Waals surface area (Å²) in [6.07, 6.45) is -1.61. The van der Waals surface area contributed by atoms with Crippen LogP contribution in [-0.4, -0.2) is 91.8 Å². The van der Waals surface area contributed by atoms with E-state index in [-0.39, 0.29) is 37.6 Å². The molecule has 1 aliphatic rings. The summed E-state index contributed by atoms with van der Waals surface area (Å²) >= 11 is 0. The van der Waals surface area contributed by atoms with Crippen molar-refractivity contribution >= 4 is 23.6 Å².